The minimum absolute atomic E-state index is 0.484. The molecule has 1 aromatic heterocycles. The molecule has 1 heterocycles. The van der Waals surface area contributed by atoms with Crippen LogP contribution >= 0.6 is 0 Å². The highest BCUT2D eigenvalue weighted by molar-refractivity contribution is 5.31. The number of anilines is 1. The fraction of sp³-hybridized carbons (Fsp3) is 0.400. The molecule has 0 spiro atoms. The maximum Gasteiger partial charge on any atom is 0.225 e. The average molecular weight is 191 g/mol. The molecule has 1 aromatic rings. The van der Waals surface area contributed by atoms with Gasteiger partial charge in [-0.3, -0.25) is 0 Å². The Morgan fingerprint density at radius 1 is 1.64 bits per heavy atom. The zero-order valence-electron chi connectivity index (χ0n) is 8.37. The molecule has 0 aliphatic carbocycles. The molecule has 4 nitrogen and oxygen atoms in total. The predicted molar refractivity (Wildman–Crippen MR) is 55.3 cm³/mol. The van der Waals surface area contributed by atoms with Gasteiger partial charge in [0.15, 0.2) is 0 Å². The van der Waals surface area contributed by atoms with Crippen LogP contribution < -0.4 is 10.1 Å². The topological polar surface area (TPSA) is 47.0 Å². The van der Waals surface area contributed by atoms with Gasteiger partial charge in [0.1, 0.15) is 6.61 Å². The Balaban J connectivity index is 2.69. The Labute approximate surface area is 83.7 Å². The molecule has 0 unspecified atom stereocenters. The van der Waals surface area contributed by atoms with E-state index < -0.39 is 0 Å². The van der Waals surface area contributed by atoms with E-state index >= 15 is 0 Å². The van der Waals surface area contributed by atoms with Gasteiger partial charge in [0.05, 0.1) is 0 Å². The molecule has 14 heavy (non-hydrogen) atoms. The molecule has 4 heteroatoms. The van der Waals surface area contributed by atoms with E-state index in [-0.39, 0.29) is 0 Å². The van der Waals surface area contributed by atoms with E-state index in [1.165, 1.54) is 0 Å². The summed E-state index contributed by atoms with van der Waals surface area (Å²) in [5.41, 5.74) is 0.904. The molecule has 74 valence electrons. The molecule has 0 saturated heterocycles. The van der Waals surface area contributed by atoms with E-state index in [2.05, 4.69) is 21.2 Å². The van der Waals surface area contributed by atoms with Crippen molar-refractivity contribution < 1.29 is 4.74 Å². The van der Waals surface area contributed by atoms with Crippen LogP contribution in [0.1, 0.15) is 12.0 Å². The van der Waals surface area contributed by atoms with Crippen molar-refractivity contribution in [3.05, 3.63) is 11.8 Å². The van der Waals surface area contributed by atoms with Crippen LogP contribution in [-0.2, 0) is 0 Å². The molecule has 0 atom stereocenters. The van der Waals surface area contributed by atoms with Crippen molar-refractivity contribution >= 4 is 5.95 Å². The second kappa shape index (κ2) is 5.07. The molecule has 0 saturated carbocycles. The van der Waals surface area contributed by atoms with Gasteiger partial charge in [-0.2, -0.15) is 4.98 Å². The van der Waals surface area contributed by atoms with Crippen LogP contribution in [0.4, 0.5) is 5.95 Å². The first-order chi connectivity index (χ1) is 6.77. The Morgan fingerprint density at radius 2 is 2.43 bits per heavy atom. The van der Waals surface area contributed by atoms with Gasteiger partial charge in [0.2, 0.25) is 11.8 Å². The lowest BCUT2D eigenvalue weighted by Gasteiger charge is -2.07. The van der Waals surface area contributed by atoms with E-state index in [9.17, 15) is 0 Å². The molecule has 0 aliphatic heterocycles. The second-order valence-electron chi connectivity index (χ2n) is 2.73. The highest BCUT2D eigenvalue weighted by Crippen LogP contribution is 2.14. The maximum atomic E-state index is 5.39. The number of hydrogen-bond acceptors (Lipinski definition) is 4. The summed E-state index contributed by atoms with van der Waals surface area (Å²) < 4.78 is 5.39. The third-order valence-electron chi connectivity index (χ3n) is 1.63. The summed E-state index contributed by atoms with van der Waals surface area (Å²) in [7, 11) is 1.76. The van der Waals surface area contributed by atoms with Gasteiger partial charge in [-0.1, -0.05) is 0 Å². The highest BCUT2D eigenvalue weighted by Gasteiger charge is 2.02. The SMILES string of the molecule is C#CCCOc1nc(NC)ncc1C. The third kappa shape index (κ3) is 2.63. The van der Waals surface area contributed by atoms with Gasteiger partial charge >= 0.3 is 0 Å². The summed E-state index contributed by atoms with van der Waals surface area (Å²) in [6, 6.07) is 0. The first-order valence-electron chi connectivity index (χ1n) is 4.35. The minimum Gasteiger partial charge on any atom is -0.476 e. The van der Waals surface area contributed by atoms with Crippen LogP contribution in [0.15, 0.2) is 6.20 Å². The summed E-state index contributed by atoms with van der Waals surface area (Å²) >= 11 is 0. The lowest BCUT2D eigenvalue weighted by Crippen LogP contribution is -2.03. The highest BCUT2D eigenvalue weighted by atomic mass is 16.5. The van der Waals surface area contributed by atoms with Crippen LogP contribution in [0.25, 0.3) is 0 Å². The smallest absolute Gasteiger partial charge is 0.225 e. The van der Waals surface area contributed by atoms with Crippen LogP contribution in [0.3, 0.4) is 0 Å². The molecule has 0 aliphatic rings. The second-order valence-corrected chi connectivity index (χ2v) is 2.73. The number of nitrogens with zero attached hydrogens (tertiary/aromatic N) is 2. The van der Waals surface area contributed by atoms with Gasteiger partial charge in [-0.05, 0) is 6.92 Å². The summed E-state index contributed by atoms with van der Waals surface area (Å²) in [5, 5.41) is 2.84. The lowest BCUT2D eigenvalue weighted by molar-refractivity contribution is 0.312. The number of aryl methyl sites for hydroxylation is 1. The number of aromatic nitrogens is 2. The largest absolute Gasteiger partial charge is 0.476 e. The summed E-state index contributed by atoms with van der Waals surface area (Å²) in [5.74, 6) is 3.63. The monoisotopic (exact) mass is 191 g/mol. The minimum atomic E-state index is 0.484. The van der Waals surface area contributed by atoms with Crippen molar-refractivity contribution in [1.29, 1.82) is 0 Å². The number of nitrogens with one attached hydrogen (secondary N) is 1. The van der Waals surface area contributed by atoms with Crippen molar-refractivity contribution in [3.63, 3.8) is 0 Å². The van der Waals surface area contributed by atoms with Gasteiger partial charge in [-0.25, -0.2) is 4.98 Å². The van der Waals surface area contributed by atoms with Crippen molar-refractivity contribution in [3.8, 4) is 18.2 Å². The molecule has 1 N–H and O–H groups in total. The van der Waals surface area contributed by atoms with Crippen LogP contribution in [0.5, 0.6) is 5.88 Å². The zero-order chi connectivity index (χ0) is 10.4. The van der Waals surface area contributed by atoms with Crippen molar-refractivity contribution in [2.75, 3.05) is 19.0 Å². The van der Waals surface area contributed by atoms with E-state index in [4.69, 9.17) is 11.2 Å². The normalized spacial score (nSPS) is 9.21. The van der Waals surface area contributed by atoms with Gasteiger partial charge in [-0.15, -0.1) is 12.3 Å². The summed E-state index contributed by atoms with van der Waals surface area (Å²) in [4.78, 5) is 8.19. The molecule has 0 aromatic carbocycles. The van der Waals surface area contributed by atoms with Crippen molar-refractivity contribution in [1.82, 2.24) is 9.97 Å². The summed E-state index contributed by atoms with van der Waals surface area (Å²) in [6.07, 6.45) is 7.41. The molecular formula is C10H13N3O. The van der Waals surface area contributed by atoms with Crippen molar-refractivity contribution in [2.45, 2.75) is 13.3 Å². The molecule has 0 radical (unpaired) electrons. The van der Waals surface area contributed by atoms with Crippen LogP contribution in [0, 0.1) is 19.3 Å². The molecule has 1 rings (SSSR count). The van der Waals surface area contributed by atoms with Crippen LogP contribution in [0.2, 0.25) is 0 Å². The van der Waals surface area contributed by atoms with E-state index in [0.29, 0.717) is 24.9 Å². The predicted octanol–water partition coefficient (Wildman–Crippen LogP) is 1.23. The molecule has 0 fully saturated rings. The Kier molecular flexibility index (Phi) is 3.74. The third-order valence-corrected chi connectivity index (χ3v) is 1.63. The van der Waals surface area contributed by atoms with E-state index in [0.717, 1.165) is 5.56 Å². The Morgan fingerprint density at radius 3 is 3.07 bits per heavy atom. The maximum absolute atomic E-state index is 5.39. The molecule has 0 amide bonds. The number of ether oxygens (including phenoxy) is 1. The number of terminal acetylenes is 1. The van der Waals surface area contributed by atoms with Gasteiger partial charge in [0, 0.05) is 25.2 Å². The number of hydrogen-bond donors (Lipinski definition) is 1. The van der Waals surface area contributed by atoms with Gasteiger partial charge < -0.3 is 10.1 Å². The van der Waals surface area contributed by atoms with E-state index in [1.807, 2.05) is 6.92 Å². The number of rotatable bonds is 4. The first-order valence-corrected chi connectivity index (χ1v) is 4.35. The van der Waals surface area contributed by atoms with Crippen molar-refractivity contribution in [2.24, 2.45) is 0 Å². The fourth-order valence-electron chi connectivity index (χ4n) is 0.900. The molecule has 0 bridgehead atoms. The molecular weight excluding hydrogens is 178 g/mol. The Bertz CT molecular complexity index is 344. The fourth-order valence-corrected chi connectivity index (χ4v) is 0.900. The van der Waals surface area contributed by atoms with Crippen LogP contribution in [-0.4, -0.2) is 23.6 Å². The van der Waals surface area contributed by atoms with Gasteiger partial charge in [0.25, 0.3) is 0 Å². The average Bonchev–Trinajstić information content (AvgIpc) is 2.21. The van der Waals surface area contributed by atoms with E-state index in [1.54, 1.807) is 13.2 Å². The zero-order valence-corrected chi connectivity index (χ0v) is 8.37. The lowest BCUT2D eigenvalue weighted by atomic mass is 10.4. The Hall–Kier alpha value is -1.76. The standard InChI is InChI=1S/C10H13N3O/c1-4-5-6-14-9-8(2)7-12-10(11-3)13-9/h1,7H,5-6H2,2-3H3,(H,11,12,13). The summed E-state index contributed by atoms with van der Waals surface area (Å²) in [6.45, 7) is 2.38. The quantitative estimate of drug-likeness (QED) is 0.574. The first kappa shape index (κ1) is 10.3.